The highest BCUT2D eigenvalue weighted by Gasteiger charge is 2.23. The van der Waals surface area contributed by atoms with Gasteiger partial charge < -0.3 is 20.4 Å². The number of para-hydroxylation sites is 1. The summed E-state index contributed by atoms with van der Waals surface area (Å²) in [5.41, 5.74) is 3.35. The summed E-state index contributed by atoms with van der Waals surface area (Å²) in [5.74, 6) is 1.32. The number of benzene rings is 2. The maximum atomic E-state index is 12.3. The molecule has 2 heterocycles. The van der Waals surface area contributed by atoms with Gasteiger partial charge in [-0.1, -0.05) is 25.1 Å². The average Bonchev–Trinajstić information content (AvgIpc) is 3.23. The number of nitrogens with zero attached hydrogens (tertiary/aromatic N) is 2. The summed E-state index contributed by atoms with van der Waals surface area (Å²) in [7, 11) is 0. The maximum absolute atomic E-state index is 12.3. The van der Waals surface area contributed by atoms with E-state index in [4.69, 9.17) is 0 Å². The van der Waals surface area contributed by atoms with Crippen LogP contribution in [0, 0.1) is 11.8 Å². The number of nitrogens with one attached hydrogen (secondary N) is 2. The molecular formula is C24H32N4O. The minimum absolute atomic E-state index is 0.122. The van der Waals surface area contributed by atoms with Crippen molar-refractivity contribution in [1.29, 1.82) is 0 Å². The Labute approximate surface area is 174 Å². The number of piperidine rings is 1. The van der Waals surface area contributed by atoms with Crippen LogP contribution >= 0.6 is 0 Å². The van der Waals surface area contributed by atoms with E-state index >= 15 is 0 Å². The molecule has 2 aromatic rings. The first kappa shape index (κ1) is 19.6. The van der Waals surface area contributed by atoms with E-state index in [0.29, 0.717) is 12.5 Å². The molecule has 29 heavy (non-hydrogen) atoms. The third kappa shape index (κ3) is 5.22. The quantitative estimate of drug-likeness (QED) is 0.783. The number of hydrogen-bond acceptors (Lipinski definition) is 3. The molecule has 154 valence electrons. The van der Waals surface area contributed by atoms with Gasteiger partial charge in [-0.05, 0) is 67.5 Å². The van der Waals surface area contributed by atoms with Crippen LogP contribution in [-0.2, 0) is 0 Å². The molecule has 0 bridgehead atoms. The number of amides is 2. The van der Waals surface area contributed by atoms with Crippen molar-refractivity contribution >= 4 is 23.1 Å². The van der Waals surface area contributed by atoms with Crippen molar-refractivity contribution in [3.05, 3.63) is 54.6 Å². The molecule has 2 aliphatic rings. The Morgan fingerprint density at radius 3 is 2.28 bits per heavy atom. The SMILES string of the molecule is CC1CCN(c2ccc(NC(=O)NCC3CCN(c4ccccc4)C3)cc2)CC1. The monoisotopic (exact) mass is 392 g/mol. The summed E-state index contributed by atoms with van der Waals surface area (Å²) >= 11 is 0. The summed E-state index contributed by atoms with van der Waals surface area (Å²) in [6.45, 7) is 7.32. The van der Waals surface area contributed by atoms with Gasteiger partial charge in [0.15, 0.2) is 0 Å². The van der Waals surface area contributed by atoms with Gasteiger partial charge in [0.2, 0.25) is 0 Å². The highest BCUT2D eigenvalue weighted by molar-refractivity contribution is 5.89. The van der Waals surface area contributed by atoms with Crippen molar-refractivity contribution < 1.29 is 4.79 Å². The van der Waals surface area contributed by atoms with Crippen LogP contribution in [0.5, 0.6) is 0 Å². The zero-order chi connectivity index (χ0) is 20.1. The second kappa shape index (κ2) is 9.21. The second-order valence-corrected chi connectivity index (χ2v) is 8.49. The van der Waals surface area contributed by atoms with Gasteiger partial charge in [0, 0.05) is 49.8 Å². The summed E-state index contributed by atoms with van der Waals surface area (Å²) in [4.78, 5) is 17.1. The lowest BCUT2D eigenvalue weighted by Gasteiger charge is -2.32. The number of carbonyl (C=O) groups excluding carboxylic acids is 1. The van der Waals surface area contributed by atoms with Gasteiger partial charge >= 0.3 is 6.03 Å². The predicted octanol–water partition coefficient (Wildman–Crippen LogP) is 4.57. The number of urea groups is 1. The van der Waals surface area contributed by atoms with Crippen molar-refractivity contribution in [1.82, 2.24) is 5.32 Å². The van der Waals surface area contributed by atoms with E-state index in [-0.39, 0.29) is 6.03 Å². The lowest BCUT2D eigenvalue weighted by molar-refractivity contribution is 0.250. The molecular weight excluding hydrogens is 360 g/mol. The van der Waals surface area contributed by atoms with Crippen LogP contribution < -0.4 is 20.4 Å². The first-order valence-electron chi connectivity index (χ1n) is 10.9. The first-order valence-corrected chi connectivity index (χ1v) is 10.9. The Kier molecular flexibility index (Phi) is 6.23. The Bertz CT molecular complexity index is 784. The fourth-order valence-electron chi connectivity index (χ4n) is 4.31. The fourth-order valence-corrected chi connectivity index (χ4v) is 4.31. The molecule has 4 rings (SSSR count). The molecule has 5 heteroatoms. The van der Waals surface area contributed by atoms with Gasteiger partial charge in [-0.2, -0.15) is 0 Å². The number of carbonyl (C=O) groups is 1. The van der Waals surface area contributed by atoms with Crippen molar-refractivity contribution in [2.24, 2.45) is 11.8 Å². The molecule has 0 aliphatic carbocycles. The van der Waals surface area contributed by atoms with Gasteiger partial charge in [-0.15, -0.1) is 0 Å². The molecule has 5 nitrogen and oxygen atoms in total. The van der Waals surface area contributed by atoms with E-state index in [1.807, 2.05) is 18.2 Å². The molecule has 2 saturated heterocycles. The Morgan fingerprint density at radius 1 is 0.897 bits per heavy atom. The van der Waals surface area contributed by atoms with Crippen LogP contribution in [0.2, 0.25) is 0 Å². The van der Waals surface area contributed by atoms with E-state index in [2.05, 4.69) is 63.8 Å². The smallest absolute Gasteiger partial charge is 0.319 e. The van der Waals surface area contributed by atoms with Gasteiger partial charge in [0.25, 0.3) is 0 Å². The van der Waals surface area contributed by atoms with Crippen molar-refractivity contribution in [3.63, 3.8) is 0 Å². The summed E-state index contributed by atoms with van der Waals surface area (Å²) in [5, 5.41) is 6.00. The third-order valence-electron chi connectivity index (χ3n) is 6.23. The molecule has 0 radical (unpaired) electrons. The third-order valence-corrected chi connectivity index (χ3v) is 6.23. The maximum Gasteiger partial charge on any atom is 0.319 e. The Balaban J connectivity index is 1.21. The molecule has 0 spiro atoms. The van der Waals surface area contributed by atoms with E-state index in [1.54, 1.807) is 0 Å². The fraction of sp³-hybridized carbons (Fsp3) is 0.458. The first-order chi connectivity index (χ1) is 14.2. The van der Waals surface area contributed by atoms with Gasteiger partial charge in [0.05, 0.1) is 0 Å². The van der Waals surface area contributed by atoms with Crippen LogP contribution in [-0.4, -0.2) is 38.8 Å². The topological polar surface area (TPSA) is 47.6 Å². The molecule has 2 aliphatic heterocycles. The largest absolute Gasteiger partial charge is 0.372 e. The minimum atomic E-state index is -0.122. The standard InChI is InChI=1S/C24H32N4O/c1-19-11-14-27(15-12-19)23-9-7-21(8-10-23)26-24(29)25-17-20-13-16-28(18-20)22-5-3-2-4-6-22/h2-10,19-20H,11-18H2,1H3,(H2,25,26,29). The van der Waals surface area contributed by atoms with Gasteiger partial charge in [-0.25, -0.2) is 4.79 Å². The van der Waals surface area contributed by atoms with Crippen LogP contribution in [0.15, 0.2) is 54.6 Å². The Morgan fingerprint density at radius 2 is 1.55 bits per heavy atom. The molecule has 2 amide bonds. The Hall–Kier alpha value is -2.69. The summed E-state index contributed by atoms with van der Waals surface area (Å²) in [6, 6.07) is 18.6. The van der Waals surface area contributed by atoms with E-state index in [9.17, 15) is 4.79 Å². The number of anilines is 3. The van der Waals surface area contributed by atoms with Crippen molar-refractivity contribution in [3.8, 4) is 0 Å². The molecule has 0 saturated carbocycles. The molecule has 1 atom stereocenters. The highest BCUT2D eigenvalue weighted by Crippen LogP contribution is 2.25. The van der Waals surface area contributed by atoms with E-state index < -0.39 is 0 Å². The zero-order valence-corrected chi connectivity index (χ0v) is 17.3. The van der Waals surface area contributed by atoms with Crippen LogP contribution in [0.1, 0.15) is 26.2 Å². The molecule has 2 N–H and O–H groups in total. The highest BCUT2D eigenvalue weighted by atomic mass is 16.2. The van der Waals surface area contributed by atoms with Crippen molar-refractivity contribution in [2.45, 2.75) is 26.2 Å². The summed E-state index contributed by atoms with van der Waals surface area (Å²) in [6.07, 6.45) is 3.62. The molecule has 0 aromatic heterocycles. The van der Waals surface area contributed by atoms with Gasteiger partial charge in [-0.3, -0.25) is 0 Å². The number of hydrogen-bond donors (Lipinski definition) is 2. The van der Waals surface area contributed by atoms with Crippen LogP contribution in [0.4, 0.5) is 21.9 Å². The second-order valence-electron chi connectivity index (χ2n) is 8.49. The lowest BCUT2D eigenvalue weighted by atomic mass is 9.99. The minimum Gasteiger partial charge on any atom is -0.372 e. The van der Waals surface area contributed by atoms with Crippen LogP contribution in [0.3, 0.4) is 0 Å². The zero-order valence-electron chi connectivity index (χ0n) is 17.3. The normalized spacial score (nSPS) is 20.0. The van der Waals surface area contributed by atoms with E-state index in [0.717, 1.165) is 44.2 Å². The van der Waals surface area contributed by atoms with E-state index in [1.165, 1.54) is 24.2 Å². The average molecular weight is 393 g/mol. The van der Waals surface area contributed by atoms with Crippen LogP contribution in [0.25, 0.3) is 0 Å². The lowest BCUT2D eigenvalue weighted by Crippen LogP contribution is -2.34. The van der Waals surface area contributed by atoms with Crippen molar-refractivity contribution in [2.75, 3.05) is 47.8 Å². The predicted molar refractivity (Wildman–Crippen MR) is 121 cm³/mol. The summed E-state index contributed by atoms with van der Waals surface area (Å²) < 4.78 is 0. The molecule has 2 fully saturated rings. The molecule has 2 aromatic carbocycles. The molecule has 1 unspecified atom stereocenters. The van der Waals surface area contributed by atoms with Gasteiger partial charge in [0.1, 0.15) is 0 Å². The number of rotatable bonds is 5.